The van der Waals surface area contributed by atoms with Crippen LogP contribution in [0.4, 0.5) is 5.69 Å². The van der Waals surface area contributed by atoms with E-state index in [0.29, 0.717) is 6.42 Å². The molecule has 0 bridgehead atoms. The molecule has 9 heteroatoms. The van der Waals surface area contributed by atoms with E-state index in [1.807, 2.05) is 6.92 Å². The third-order valence-corrected chi connectivity index (χ3v) is 5.05. The van der Waals surface area contributed by atoms with Crippen molar-refractivity contribution in [2.75, 3.05) is 10.5 Å². The van der Waals surface area contributed by atoms with Crippen LogP contribution in [0.5, 0.6) is 0 Å². The van der Waals surface area contributed by atoms with Crippen molar-refractivity contribution >= 4 is 37.3 Å². The zero-order valence-electron chi connectivity index (χ0n) is 10.3. The Hall–Kier alpha value is -0.830. The molecule has 0 saturated carbocycles. The summed E-state index contributed by atoms with van der Waals surface area (Å²) >= 11 is 5.75. The Kier molecular flexibility index (Phi) is 5.19. The number of unbranched alkanes of at least 4 members (excludes halogenated alkanes) is 1. The first-order chi connectivity index (χ1) is 8.65. The van der Waals surface area contributed by atoms with Gasteiger partial charge in [0, 0.05) is 0 Å². The van der Waals surface area contributed by atoms with Crippen molar-refractivity contribution in [1.82, 2.24) is 0 Å². The Bertz CT molecular complexity index is 656. The fourth-order valence-electron chi connectivity index (χ4n) is 1.36. The van der Waals surface area contributed by atoms with Gasteiger partial charge in [-0.1, -0.05) is 24.9 Å². The van der Waals surface area contributed by atoms with Crippen molar-refractivity contribution in [3.8, 4) is 0 Å². The summed E-state index contributed by atoms with van der Waals surface area (Å²) in [5.41, 5.74) is 0.202. The summed E-state index contributed by atoms with van der Waals surface area (Å²) in [5.74, 6) is -0.00193. The van der Waals surface area contributed by atoms with Crippen LogP contribution in [0.1, 0.15) is 19.8 Å². The molecule has 108 valence electrons. The van der Waals surface area contributed by atoms with Gasteiger partial charge in [-0.25, -0.2) is 22.0 Å². The molecule has 0 aliphatic heterocycles. The van der Waals surface area contributed by atoms with E-state index in [-0.39, 0.29) is 21.4 Å². The molecule has 3 N–H and O–H groups in total. The highest BCUT2D eigenvalue weighted by Crippen LogP contribution is 2.24. The van der Waals surface area contributed by atoms with Crippen LogP contribution in [0, 0.1) is 0 Å². The summed E-state index contributed by atoms with van der Waals surface area (Å²) in [6.07, 6.45) is 1.30. The number of halogens is 1. The maximum absolute atomic E-state index is 11.7. The molecular weight excluding hydrogens is 312 g/mol. The van der Waals surface area contributed by atoms with Gasteiger partial charge in [0.25, 0.3) is 0 Å². The molecule has 0 aromatic heterocycles. The molecule has 0 atom stereocenters. The number of hydrogen-bond acceptors (Lipinski definition) is 4. The maximum atomic E-state index is 11.7. The number of sulfonamides is 2. The maximum Gasteiger partial charge on any atom is 0.239 e. The minimum Gasteiger partial charge on any atom is -0.284 e. The van der Waals surface area contributed by atoms with E-state index in [9.17, 15) is 16.8 Å². The molecule has 1 aromatic rings. The molecule has 0 unspecified atom stereocenters. The second kappa shape index (κ2) is 6.08. The van der Waals surface area contributed by atoms with E-state index in [1.54, 1.807) is 0 Å². The van der Waals surface area contributed by atoms with Crippen LogP contribution in [0.2, 0.25) is 5.02 Å². The number of anilines is 1. The molecule has 1 aromatic carbocycles. The van der Waals surface area contributed by atoms with Crippen LogP contribution in [0.3, 0.4) is 0 Å². The van der Waals surface area contributed by atoms with E-state index >= 15 is 0 Å². The summed E-state index contributed by atoms with van der Waals surface area (Å²) in [5, 5.41) is 4.82. The topological polar surface area (TPSA) is 106 Å². The fraction of sp³-hybridized carbons (Fsp3) is 0.400. The van der Waals surface area contributed by atoms with E-state index in [2.05, 4.69) is 4.72 Å². The zero-order chi connectivity index (χ0) is 14.7. The van der Waals surface area contributed by atoms with E-state index in [4.69, 9.17) is 16.7 Å². The van der Waals surface area contributed by atoms with Gasteiger partial charge in [-0.05, 0) is 24.6 Å². The highest BCUT2D eigenvalue weighted by Gasteiger charge is 2.15. The van der Waals surface area contributed by atoms with Crippen LogP contribution in [0.15, 0.2) is 23.1 Å². The summed E-state index contributed by atoms with van der Waals surface area (Å²) in [7, 11) is -7.37. The molecule has 0 aliphatic rings. The number of rotatable bonds is 6. The Morgan fingerprint density at radius 3 is 2.37 bits per heavy atom. The normalized spacial score (nSPS) is 12.4. The zero-order valence-corrected chi connectivity index (χ0v) is 12.6. The average Bonchev–Trinajstić information content (AvgIpc) is 2.24. The van der Waals surface area contributed by atoms with E-state index in [0.717, 1.165) is 12.5 Å². The van der Waals surface area contributed by atoms with Gasteiger partial charge < -0.3 is 0 Å². The molecule has 0 amide bonds. The van der Waals surface area contributed by atoms with E-state index in [1.165, 1.54) is 12.1 Å². The smallest absolute Gasteiger partial charge is 0.239 e. The van der Waals surface area contributed by atoms with Crippen LogP contribution in [0.25, 0.3) is 0 Å². The summed E-state index contributed by atoms with van der Waals surface area (Å²) in [6, 6.07) is 3.68. The van der Waals surface area contributed by atoms with E-state index < -0.39 is 20.0 Å². The largest absolute Gasteiger partial charge is 0.284 e. The summed E-state index contributed by atoms with van der Waals surface area (Å²) < 4.78 is 47.9. The molecule has 1 rings (SSSR count). The minimum absolute atomic E-state index is 0.00193. The number of nitrogens with one attached hydrogen (secondary N) is 1. The van der Waals surface area contributed by atoms with Gasteiger partial charge in [0.05, 0.1) is 16.5 Å². The molecule has 0 spiro atoms. The van der Waals surface area contributed by atoms with Crippen LogP contribution in [-0.2, 0) is 20.0 Å². The second-order valence-electron chi connectivity index (χ2n) is 3.96. The predicted octanol–water partition coefficient (Wildman–Crippen LogP) is 1.53. The van der Waals surface area contributed by atoms with Crippen molar-refractivity contribution in [3.05, 3.63) is 23.2 Å². The SMILES string of the molecule is CCCCS(=O)(=O)Nc1ccc(S(N)(=O)=O)c(Cl)c1. The molecule has 0 heterocycles. The third kappa shape index (κ3) is 4.98. The fourth-order valence-corrected chi connectivity index (χ4v) is 3.71. The number of primary sulfonamides is 1. The Balaban J connectivity index is 2.97. The lowest BCUT2D eigenvalue weighted by molar-refractivity contribution is 0.596. The van der Waals surface area contributed by atoms with Gasteiger partial charge in [-0.3, -0.25) is 4.72 Å². The first kappa shape index (κ1) is 16.2. The Morgan fingerprint density at radius 1 is 1.26 bits per heavy atom. The second-order valence-corrected chi connectivity index (χ2v) is 7.74. The quantitative estimate of drug-likeness (QED) is 0.826. The Morgan fingerprint density at radius 2 is 1.89 bits per heavy atom. The van der Waals surface area contributed by atoms with Crippen LogP contribution >= 0.6 is 11.6 Å². The van der Waals surface area contributed by atoms with Crippen molar-refractivity contribution in [3.63, 3.8) is 0 Å². The molecule has 0 saturated heterocycles. The molecule has 0 radical (unpaired) electrons. The number of hydrogen-bond donors (Lipinski definition) is 2. The monoisotopic (exact) mass is 326 g/mol. The van der Waals surface area contributed by atoms with Crippen molar-refractivity contribution in [2.24, 2.45) is 5.14 Å². The average molecular weight is 327 g/mol. The number of benzene rings is 1. The van der Waals surface area contributed by atoms with Gasteiger partial charge in [-0.15, -0.1) is 0 Å². The number of nitrogens with two attached hydrogens (primary N) is 1. The van der Waals surface area contributed by atoms with Gasteiger partial charge in [-0.2, -0.15) is 0 Å². The molecular formula is C10H15ClN2O4S2. The summed E-state index contributed by atoms with van der Waals surface area (Å²) in [6.45, 7) is 1.88. The van der Waals surface area contributed by atoms with Crippen molar-refractivity contribution in [1.29, 1.82) is 0 Å². The lowest BCUT2D eigenvalue weighted by atomic mass is 10.3. The summed E-state index contributed by atoms with van der Waals surface area (Å²) in [4.78, 5) is -0.245. The van der Waals surface area contributed by atoms with Gasteiger partial charge in [0.1, 0.15) is 4.90 Å². The highest BCUT2D eigenvalue weighted by atomic mass is 35.5. The first-order valence-corrected chi connectivity index (χ1v) is 9.06. The minimum atomic E-state index is -3.92. The standard InChI is InChI=1S/C10H15ClN2O4S2/c1-2-3-6-18(14,15)13-8-4-5-10(9(11)7-8)19(12,16)17/h4-5,7,13H,2-3,6H2,1H3,(H2,12,16,17). The third-order valence-electron chi connectivity index (χ3n) is 2.28. The lowest BCUT2D eigenvalue weighted by Gasteiger charge is -2.09. The van der Waals surface area contributed by atoms with Crippen molar-refractivity contribution < 1.29 is 16.8 Å². The highest BCUT2D eigenvalue weighted by molar-refractivity contribution is 7.92. The van der Waals surface area contributed by atoms with Gasteiger partial charge in [0.15, 0.2) is 0 Å². The van der Waals surface area contributed by atoms with Gasteiger partial charge in [0.2, 0.25) is 20.0 Å². The Labute approximate surface area is 118 Å². The lowest BCUT2D eigenvalue weighted by Crippen LogP contribution is -2.17. The molecule has 0 fully saturated rings. The predicted molar refractivity (Wildman–Crippen MR) is 75.1 cm³/mol. The van der Waals surface area contributed by atoms with Crippen LogP contribution < -0.4 is 9.86 Å². The van der Waals surface area contributed by atoms with Crippen LogP contribution in [-0.4, -0.2) is 22.6 Å². The van der Waals surface area contributed by atoms with Crippen molar-refractivity contribution in [2.45, 2.75) is 24.7 Å². The molecule has 0 aliphatic carbocycles. The molecule has 6 nitrogen and oxygen atoms in total. The first-order valence-electron chi connectivity index (χ1n) is 5.48. The molecule has 19 heavy (non-hydrogen) atoms. The van der Waals surface area contributed by atoms with Gasteiger partial charge >= 0.3 is 0 Å².